The molecule has 0 aromatic carbocycles. The number of hydrogen-bond donors (Lipinski definition) is 5. The van der Waals surface area contributed by atoms with E-state index in [2.05, 4.69) is 16.0 Å². The summed E-state index contributed by atoms with van der Waals surface area (Å²) < 4.78 is 0. The maximum Gasteiger partial charge on any atom is 0.325 e. The van der Waals surface area contributed by atoms with E-state index in [-0.39, 0.29) is 11.9 Å². The predicted molar refractivity (Wildman–Crippen MR) is 81.1 cm³/mol. The van der Waals surface area contributed by atoms with Gasteiger partial charge in [0.2, 0.25) is 11.8 Å². The van der Waals surface area contributed by atoms with Gasteiger partial charge in [-0.05, 0) is 52.1 Å². The molecular formula is C14H26N4O4. The first kappa shape index (κ1) is 18.4. The summed E-state index contributed by atoms with van der Waals surface area (Å²) in [6, 6.07) is -2.00. The van der Waals surface area contributed by atoms with E-state index in [9.17, 15) is 14.4 Å². The molecule has 0 unspecified atom stereocenters. The van der Waals surface area contributed by atoms with Crippen molar-refractivity contribution in [2.75, 3.05) is 13.1 Å². The van der Waals surface area contributed by atoms with Crippen LogP contribution in [0.1, 0.15) is 39.0 Å². The van der Waals surface area contributed by atoms with Gasteiger partial charge in [0.25, 0.3) is 0 Å². The van der Waals surface area contributed by atoms with Crippen molar-refractivity contribution in [2.24, 2.45) is 5.73 Å². The molecule has 6 N–H and O–H groups in total. The Kier molecular flexibility index (Phi) is 7.83. The Morgan fingerprint density at radius 2 is 2.05 bits per heavy atom. The van der Waals surface area contributed by atoms with Crippen LogP contribution in [0.5, 0.6) is 0 Å². The smallest absolute Gasteiger partial charge is 0.325 e. The zero-order valence-corrected chi connectivity index (χ0v) is 12.9. The maximum absolute atomic E-state index is 12.2. The fraction of sp³-hybridized carbons (Fsp3) is 0.786. The van der Waals surface area contributed by atoms with Crippen molar-refractivity contribution in [1.29, 1.82) is 0 Å². The molecule has 0 aromatic heterocycles. The van der Waals surface area contributed by atoms with E-state index < -0.39 is 24.0 Å². The SMILES string of the molecule is C[C@H](NC(=O)[C@H](CCCCN)NC(=O)[C@@H]1CCCN1)C(=O)O. The van der Waals surface area contributed by atoms with E-state index in [0.717, 1.165) is 25.8 Å². The van der Waals surface area contributed by atoms with Gasteiger partial charge in [-0.2, -0.15) is 0 Å². The highest BCUT2D eigenvalue weighted by Gasteiger charge is 2.28. The maximum atomic E-state index is 12.2. The summed E-state index contributed by atoms with van der Waals surface area (Å²) in [6.45, 7) is 2.69. The van der Waals surface area contributed by atoms with Crippen molar-refractivity contribution in [3.05, 3.63) is 0 Å². The molecule has 2 amide bonds. The van der Waals surface area contributed by atoms with Gasteiger partial charge in [-0.3, -0.25) is 14.4 Å². The second kappa shape index (κ2) is 9.37. The van der Waals surface area contributed by atoms with Gasteiger partial charge in [0, 0.05) is 0 Å². The number of amides is 2. The van der Waals surface area contributed by atoms with E-state index in [1.807, 2.05) is 0 Å². The number of carboxylic acids is 1. The van der Waals surface area contributed by atoms with Crippen LogP contribution in [0.4, 0.5) is 0 Å². The molecule has 0 bridgehead atoms. The molecule has 0 spiro atoms. The molecule has 0 saturated carbocycles. The Labute approximate surface area is 130 Å². The van der Waals surface area contributed by atoms with Crippen LogP contribution in [0, 0.1) is 0 Å². The fourth-order valence-corrected chi connectivity index (χ4v) is 2.32. The number of hydrogen-bond acceptors (Lipinski definition) is 5. The third-order valence-electron chi connectivity index (χ3n) is 3.69. The van der Waals surface area contributed by atoms with Gasteiger partial charge >= 0.3 is 5.97 Å². The van der Waals surface area contributed by atoms with Gasteiger partial charge < -0.3 is 26.8 Å². The second-order valence-electron chi connectivity index (χ2n) is 5.56. The van der Waals surface area contributed by atoms with E-state index in [1.54, 1.807) is 0 Å². The van der Waals surface area contributed by atoms with Gasteiger partial charge in [0.05, 0.1) is 6.04 Å². The number of carboxylic acid groups (broad SMARTS) is 1. The first-order chi connectivity index (χ1) is 10.5. The van der Waals surface area contributed by atoms with Crippen LogP contribution in [-0.2, 0) is 14.4 Å². The van der Waals surface area contributed by atoms with Crippen LogP contribution in [0.25, 0.3) is 0 Å². The third kappa shape index (κ3) is 5.98. The normalized spacial score (nSPS) is 20.2. The average Bonchev–Trinajstić information content (AvgIpc) is 3.00. The molecular weight excluding hydrogens is 288 g/mol. The standard InChI is InChI=1S/C14H26N4O4/c1-9(14(21)22)17-13(20)11(5-2-3-7-15)18-12(19)10-6-4-8-16-10/h9-11,16H,2-8,15H2,1H3,(H,17,20)(H,18,19)(H,21,22)/t9-,10-,11-/m0/s1. The number of carbonyl (C=O) groups excluding carboxylic acids is 2. The lowest BCUT2D eigenvalue weighted by molar-refractivity contribution is -0.141. The molecule has 1 aliphatic rings. The summed E-state index contributed by atoms with van der Waals surface area (Å²) in [5.74, 6) is -1.80. The van der Waals surface area contributed by atoms with Gasteiger partial charge in [0.1, 0.15) is 12.1 Å². The molecule has 1 heterocycles. The number of nitrogens with two attached hydrogens (primary N) is 1. The monoisotopic (exact) mass is 314 g/mol. The van der Waals surface area contributed by atoms with Crippen LogP contribution in [-0.4, -0.2) is 54.1 Å². The Morgan fingerprint density at radius 1 is 1.32 bits per heavy atom. The number of unbranched alkanes of at least 4 members (excludes halogenated alkanes) is 1. The summed E-state index contributed by atoms with van der Waals surface area (Å²) in [6.07, 6.45) is 3.55. The lowest BCUT2D eigenvalue weighted by atomic mass is 10.1. The molecule has 3 atom stereocenters. The molecule has 1 fully saturated rings. The molecule has 1 aliphatic heterocycles. The summed E-state index contributed by atoms with van der Waals surface area (Å²) in [5.41, 5.74) is 5.44. The molecule has 1 saturated heterocycles. The summed E-state index contributed by atoms with van der Waals surface area (Å²) in [5, 5.41) is 17.0. The number of carbonyl (C=O) groups is 3. The van der Waals surface area contributed by atoms with E-state index >= 15 is 0 Å². The van der Waals surface area contributed by atoms with Crippen molar-refractivity contribution >= 4 is 17.8 Å². The lowest BCUT2D eigenvalue weighted by Gasteiger charge is -2.21. The second-order valence-corrected chi connectivity index (χ2v) is 5.56. The largest absolute Gasteiger partial charge is 0.480 e. The van der Waals surface area contributed by atoms with Crippen LogP contribution < -0.4 is 21.7 Å². The molecule has 8 nitrogen and oxygen atoms in total. The first-order valence-corrected chi connectivity index (χ1v) is 7.72. The van der Waals surface area contributed by atoms with Gasteiger partial charge in [-0.15, -0.1) is 0 Å². The third-order valence-corrected chi connectivity index (χ3v) is 3.69. The van der Waals surface area contributed by atoms with Gasteiger partial charge in [0.15, 0.2) is 0 Å². The van der Waals surface area contributed by atoms with Crippen molar-refractivity contribution < 1.29 is 19.5 Å². The topological polar surface area (TPSA) is 134 Å². The predicted octanol–water partition coefficient (Wildman–Crippen LogP) is -1.06. The number of nitrogens with one attached hydrogen (secondary N) is 3. The van der Waals surface area contributed by atoms with Crippen molar-refractivity contribution in [3.63, 3.8) is 0 Å². The molecule has 0 aliphatic carbocycles. The van der Waals surface area contributed by atoms with Gasteiger partial charge in [-0.1, -0.05) is 0 Å². The zero-order valence-electron chi connectivity index (χ0n) is 12.9. The average molecular weight is 314 g/mol. The molecule has 0 radical (unpaired) electrons. The lowest BCUT2D eigenvalue weighted by Crippen LogP contribution is -2.53. The number of aliphatic carboxylic acids is 1. The number of rotatable bonds is 9. The van der Waals surface area contributed by atoms with Crippen LogP contribution in [0.15, 0.2) is 0 Å². The summed E-state index contributed by atoms with van der Waals surface area (Å²) in [4.78, 5) is 35.1. The quantitative estimate of drug-likeness (QED) is 0.345. The van der Waals surface area contributed by atoms with Crippen LogP contribution in [0.2, 0.25) is 0 Å². The Bertz CT molecular complexity index is 396. The van der Waals surface area contributed by atoms with Gasteiger partial charge in [-0.25, -0.2) is 0 Å². The Balaban J connectivity index is 2.58. The minimum absolute atomic E-state index is 0.214. The molecule has 126 valence electrons. The summed E-state index contributed by atoms with van der Waals surface area (Å²) >= 11 is 0. The molecule has 1 rings (SSSR count). The molecule has 0 aromatic rings. The zero-order chi connectivity index (χ0) is 16.5. The minimum Gasteiger partial charge on any atom is -0.480 e. The highest BCUT2D eigenvalue weighted by Crippen LogP contribution is 2.07. The van der Waals surface area contributed by atoms with Crippen molar-refractivity contribution in [2.45, 2.75) is 57.2 Å². The van der Waals surface area contributed by atoms with Crippen molar-refractivity contribution in [1.82, 2.24) is 16.0 Å². The van der Waals surface area contributed by atoms with E-state index in [0.29, 0.717) is 19.4 Å². The Morgan fingerprint density at radius 3 is 2.59 bits per heavy atom. The summed E-state index contributed by atoms with van der Waals surface area (Å²) in [7, 11) is 0. The van der Waals surface area contributed by atoms with Crippen LogP contribution >= 0.6 is 0 Å². The molecule has 8 heteroatoms. The first-order valence-electron chi connectivity index (χ1n) is 7.72. The highest BCUT2D eigenvalue weighted by molar-refractivity contribution is 5.91. The fourth-order valence-electron chi connectivity index (χ4n) is 2.32. The Hall–Kier alpha value is -1.67. The highest BCUT2D eigenvalue weighted by atomic mass is 16.4. The van der Waals surface area contributed by atoms with E-state index in [4.69, 9.17) is 10.8 Å². The van der Waals surface area contributed by atoms with Crippen LogP contribution in [0.3, 0.4) is 0 Å². The molecule has 22 heavy (non-hydrogen) atoms. The minimum atomic E-state index is -1.11. The van der Waals surface area contributed by atoms with Crippen molar-refractivity contribution in [3.8, 4) is 0 Å². The van der Waals surface area contributed by atoms with E-state index in [1.165, 1.54) is 6.92 Å².